The third-order valence-corrected chi connectivity index (χ3v) is 4.21. The SMILES string of the molecule is CC(Nc1c(F)cc(F)cc1F)c1ccc(Cl)c(Cl)c1Cl. The molecule has 0 spiro atoms. The van der Waals surface area contributed by atoms with Gasteiger partial charge in [0.1, 0.15) is 11.5 Å². The Labute approximate surface area is 134 Å². The standard InChI is InChI=1S/C14H9Cl3F3N/c1-6(8-2-3-9(15)13(17)12(8)16)21-14-10(19)4-7(18)5-11(14)20/h2-6,21H,1H3. The second kappa shape index (κ2) is 6.34. The molecule has 0 aliphatic carbocycles. The van der Waals surface area contributed by atoms with Crippen LogP contribution in [0.2, 0.25) is 15.1 Å². The molecule has 1 unspecified atom stereocenters. The molecule has 112 valence electrons. The topological polar surface area (TPSA) is 12.0 Å². The summed E-state index contributed by atoms with van der Waals surface area (Å²) in [4.78, 5) is 0. The summed E-state index contributed by atoms with van der Waals surface area (Å²) >= 11 is 17.8. The van der Waals surface area contributed by atoms with E-state index in [0.29, 0.717) is 17.7 Å². The fourth-order valence-electron chi connectivity index (χ4n) is 1.85. The zero-order valence-corrected chi connectivity index (χ0v) is 12.9. The molecule has 2 rings (SSSR count). The Hall–Kier alpha value is -1.10. The normalized spacial score (nSPS) is 12.3. The third-order valence-electron chi connectivity index (χ3n) is 2.90. The van der Waals surface area contributed by atoms with Crippen molar-refractivity contribution in [2.75, 3.05) is 5.32 Å². The maximum atomic E-state index is 13.6. The molecular weight excluding hydrogens is 346 g/mol. The first-order valence-corrected chi connectivity index (χ1v) is 6.99. The molecule has 0 aromatic heterocycles. The summed E-state index contributed by atoms with van der Waals surface area (Å²) in [6, 6.07) is 3.74. The second-order valence-corrected chi connectivity index (χ2v) is 5.54. The lowest BCUT2D eigenvalue weighted by molar-refractivity contribution is 0.545. The molecular formula is C14H9Cl3F3N. The molecule has 1 atom stereocenters. The highest BCUT2D eigenvalue weighted by atomic mass is 35.5. The van der Waals surface area contributed by atoms with Gasteiger partial charge in [-0.1, -0.05) is 40.9 Å². The van der Waals surface area contributed by atoms with E-state index in [1.54, 1.807) is 13.0 Å². The molecule has 7 heteroatoms. The minimum Gasteiger partial charge on any atom is -0.374 e. The van der Waals surface area contributed by atoms with Gasteiger partial charge in [-0.2, -0.15) is 0 Å². The Morgan fingerprint density at radius 1 is 0.952 bits per heavy atom. The van der Waals surface area contributed by atoms with Crippen LogP contribution in [0.15, 0.2) is 24.3 Å². The van der Waals surface area contributed by atoms with Crippen molar-refractivity contribution in [3.63, 3.8) is 0 Å². The molecule has 1 nitrogen and oxygen atoms in total. The minimum absolute atomic E-state index is 0.157. The molecule has 21 heavy (non-hydrogen) atoms. The van der Waals surface area contributed by atoms with E-state index in [-0.39, 0.29) is 15.1 Å². The van der Waals surface area contributed by atoms with Crippen molar-refractivity contribution in [1.29, 1.82) is 0 Å². The molecule has 0 heterocycles. The first-order chi connectivity index (χ1) is 9.81. The maximum absolute atomic E-state index is 13.6. The van der Waals surface area contributed by atoms with E-state index in [0.717, 1.165) is 0 Å². The molecule has 0 bridgehead atoms. The summed E-state index contributed by atoms with van der Waals surface area (Å²) in [6.07, 6.45) is 0. The van der Waals surface area contributed by atoms with E-state index >= 15 is 0 Å². The van der Waals surface area contributed by atoms with Gasteiger partial charge in [-0.15, -0.1) is 0 Å². The van der Waals surface area contributed by atoms with Gasteiger partial charge in [0.15, 0.2) is 11.6 Å². The van der Waals surface area contributed by atoms with Crippen LogP contribution in [0.3, 0.4) is 0 Å². The van der Waals surface area contributed by atoms with Crippen molar-refractivity contribution in [3.8, 4) is 0 Å². The lowest BCUT2D eigenvalue weighted by atomic mass is 10.1. The van der Waals surface area contributed by atoms with Crippen LogP contribution in [0, 0.1) is 17.5 Å². The van der Waals surface area contributed by atoms with Crippen molar-refractivity contribution in [1.82, 2.24) is 0 Å². The van der Waals surface area contributed by atoms with Crippen LogP contribution in [0.25, 0.3) is 0 Å². The monoisotopic (exact) mass is 353 g/mol. The molecule has 2 aromatic rings. The van der Waals surface area contributed by atoms with E-state index < -0.39 is 29.2 Å². The van der Waals surface area contributed by atoms with Gasteiger partial charge in [-0.25, -0.2) is 13.2 Å². The van der Waals surface area contributed by atoms with Gasteiger partial charge in [-0.3, -0.25) is 0 Å². The highest BCUT2D eigenvalue weighted by Gasteiger charge is 2.18. The van der Waals surface area contributed by atoms with E-state index in [4.69, 9.17) is 34.8 Å². The number of anilines is 1. The number of rotatable bonds is 3. The summed E-state index contributed by atoms with van der Waals surface area (Å²) in [6.45, 7) is 1.63. The highest BCUT2D eigenvalue weighted by molar-refractivity contribution is 6.48. The Morgan fingerprint density at radius 2 is 1.52 bits per heavy atom. The molecule has 2 aromatic carbocycles. The smallest absolute Gasteiger partial charge is 0.152 e. The van der Waals surface area contributed by atoms with Crippen molar-refractivity contribution in [2.45, 2.75) is 13.0 Å². The Morgan fingerprint density at radius 3 is 2.10 bits per heavy atom. The summed E-state index contributed by atoms with van der Waals surface area (Å²) in [5.74, 6) is -3.05. The van der Waals surface area contributed by atoms with Crippen molar-refractivity contribution < 1.29 is 13.2 Å². The van der Waals surface area contributed by atoms with Crippen molar-refractivity contribution >= 4 is 40.5 Å². The molecule has 0 saturated heterocycles. The van der Waals surface area contributed by atoms with Crippen molar-refractivity contribution in [2.24, 2.45) is 0 Å². The fourth-order valence-corrected chi connectivity index (χ4v) is 2.56. The van der Waals surface area contributed by atoms with Gasteiger partial charge in [0.25, 0.3) is 0 Å². The van der Waals surface area contributed by atoms with Crippen LogP contribution in [-0.2, 0) is 0 Å². The Balaban J connectivity index is 2.35. The zero-order valence-electron chi connectivity index (χ0n) is 10.7. The molecule has 0 saturated carbocycles. The maximum Gasteiger partial charge on any atom is 0.152 e. The first-order valence-electron chi connectivity index (χ1n) is 5.85. The van der Waals surface area contributed by atoms with Crippen LogP contribution in [0.5, 0.6) is 0 Å². The average Bonchev–Trinajstić information content (AvgIpc) is 2.40. The predicted molar refractivity (Wildman–Crippen MR) is 79.8 cm³/mol. The van der Waals surface area contributed by atoms with Gasteiger partial charge in [0.05, 0.1) is 21.1 Å². The van der Waals surface area contributed by atoms with Gasteiger partial charge in [-0.05, 0) is 18.6 Å². The summed E-state index contributed by atoms with van der Waals surface area (Å²) in [7, 11) is 0. The van der Waals surface area contributed by atoms with E-state index in [1.807, 2.05) is 0 Å². The molecule has 0 aliphatic rings. The molecule has 0 aliphatic heterocycles. The summed E-state index contributed by atoms with van der Waals surface area (Å²) < 4.78 is 40.1. The lowest BCUT2D eigenvalue weighted by Crippen LogP contribution is -2.10. The Kier molecular flexibility index (Phi) is 4.91. The van der Waals surface area contributed by atoms with Crippen molar-refractivity contribution in [3.05, 3.63) is 62.3 Å². The van der Waals surface area contributed by atoms with Gasteiger partial charge >= 0.3 is 0 Å². The van der Waals surface area contributed by atoms with Gasteiger partial charge in [0, 0.05) is 12.1 Å². The number of nitrogens with one attached hydrogen (secondary N) is 1. The average molecular weight is 355 g/mol. The lowest BCUT2D eigenvalue weighted by Gasteiger charge is -2.19. The summed E-state index contributed by atoms with van der Waals surface area (Å²) in [5, 5.41) is 3.23. The Bertz CT molecular complexity index is 668. The number of hydrogen-bond acceptors (Lipinski definition) is 1. The largest absolute Gasteiger partial charge is 0.374 e. The second-order valence-electron chi connectivity index (χ2n) is 4.38. The van der Waals surface area contributed by atoms with E-state index in [1.165, 1.54) is 6.07 Å². The zero-order chi connectivity index (χ0) is 15.7. The molecule has 0 radical (unpaired) electrons. The van der Waals surface area contributed by atoms with Gasteiger partial charge in [0.2, 0.25) is 0 Å². The van der Waals surface area contributed by atoms with Crippen LogP contribution in [-0.4, -0.2) is 0 Å². The third kappa shape index (κ3) is 3.39. The predicted octanol–water partition coefficient (Wildman–Crippen LogP) is 6.24. The van der Waals surface area contributed by atoms with Gasteiger partial charge < -0.3 is 5.32 Å². The molecule has 0 amide bonds. The number of halogens is 6. The van der Waals surface area contributed by atoms with Crippen LogP contribution >= 0.6 is 34.8 Å². The number of hydrogen-bond donors (Lipinski definition) is 1. The van der Waals surface area contributed by atoms with E-state index in [9.17, 15) is 13.2 Å². The minimum atomic E-state index is -1.03. The summed E-state index contributed by atoms with van der Waals surface area (Å²) in [5.41, 5.74) is 0.0697. The molecule has 1 N–H and O–H groups in total. The van der Waals surface area contributed by atoms with Crippen LogP contribution < -0.4 is 5.32 Å². The molecule has 0 fully saturated rings. The number of benzene rings is 2. The quantitative estimate of drug-likeness (QED) is 0.644. The van der Waals surface area contributed by atoms with E-state index in [2.05, 4.69) is 5.32 Å². The highest BCUT2D eigenvalue weighted by Crippen LogP contribution is 2.36. The van der Waals surface area contributed by atoms with Crippen LogP contribution in [0.1, 0.15) is 18.5 Å². The first kappa shape index (κ1) is 16.3. The van der Waals surface area contributed by atoms with Crippen LogP contribution in [0.4, 0.5) is 18.9 Å². The fraction of sp³-hybridized carbons (Fsp3) is 0.143.